The summed E-state index contributed by atoms with van der Waals surface area (Å²) < 4.78 is 26.7. The van der Waals surface area contributed by atoms with Crippen molar-refractivity contribution in [1.29, 1.82) is 0 Å². The van der Waals surface area contributed by atoms with Crippen LogP contribution in [0.2, 0.25) is 0 Å². The number of rotatable bonds is 3. The van der Waals surface area contributed by atoms with E-state index in [9.17, 15) is 8.78 Å². The van der Waals surface area contributed by atoms with Gasteiger partial charge in [0.1, 0.15) is 0 Å². The third-order valence-corrected chi connectivity index (χ3v) is 4.34. The lowest BCUT2D eigenvalue weighted by Gasteiger charge is -2.35. The molecule has 3 rings (SSSR count). The fraction of sp³-hybridized carbons (Fsp3) is 0.333. The standard InChI is InChI=1S/C15H16F2N2S.ClH/c16-13-2-1-11(9-14(13)17)15(12-3-8-20-10-12)19-6-4-18-5-7-19;/h1-3,8-10,15,18H,4-7H2;1H/t15-;/m1./s1. The molecule has 1 saturated heterocycles. The minimum absolute atomic E-state index is 0. The normalized spacial score (nSPS) is 17.2. The fourth-order valence-electron chi connectivity index (χ4n) is 2.67. The fourth-order valence-corrected chi connectivity index (χ4v) is 3.35. The molecule has 1 aliphatic heterocycles. The molecule has 0 bridgehead atoms. The molecule has 2 nitrogen and oxygen atoms in total. The lowest BCUT2D eigenvalue weighted by atomic mass is 9.98. The van der Waals surface area contributed by atoms with Crippen LogP contribution in [-0.2, 0) is 0 Å². The molecular formula is C15H17ClF2N2S. The highest BCUT2D eigenvalue weighted by atomic mass is 35.5. The molecule has 6 heteroatoms. The predicted octanol–water partition coefficient (Wildman–Crippen LogP) is 3.44. The summed E-state index contributed by atoms with van der Waals surface area (Å²) in [5.74, 6) is -1.57. The van der Waals surface area contributed by atoms with Gasteiger partial charge in [-0.05, 0) is 40.1 Å². The molecule has 0 aliphatic carbocycles. The van der Waals surface area contributed by atoms with E-state index in [-0.39, 0.29) is 18.4 Å². The van der Waals surface area contributed by atoms with Gasteiger partial charge in [0, 0.05) is 26.2 Å². The third kappa shape index (κ3) is 3.61. The van der Waals surface area contributed by atoms with Crippen LogP contribution in [0.25, 0.3) is 0 Å². The largest absolute Gasteiger partial charge is 0.314 e. The van der Waals surface area contributed by atoms with Gasteiger partial charge in [0.2, 0.25) is 0 Å². The van der Waals surface area contributed by atoms with E-state index in [1.807, 2.05) is 5.38 Å². The Hall–Kier alpha value is -1.01. The number of piperazine rings is 1. The van der Waals surface area contributed by atoms with E-state index in [1.54, 1.807) is 17.4 Å². The monoisotopic (exact) mass is 330 g/mol. The minimum atomic E-state index is -0.793. The number of nitrogens with zero attached hydrogens (tertiary/aromatic N) is 1. The van der Waals surface area contributed by atoms with E-state index in [0.717, 1.165) is 37.3 Å². The van der Waals surface area contributed by atoms with E-state index in [0.29, 0.717) is 0 Å². The van der Waals surface area contributed by atoms with Crippen molar-refractivity contribution < 1.29 is 8.78 Å². The summed E-state index contributed by atoms with van der Waals surface area (Å²) >= 11 is 1.62. The van der Waals surface area contributed by atoms with Crippen LogP contribution in [-0.4, -0.2) is 31.1 Å². The van der Waals surface area contributed by atoms with Gasteiger partial charge in [0.05, 0.1) is 6.04 Å². The average molecular weight is 331 g/mol. The van der Waals surface area contributed by atoms with Gasteiger partial charge < -0.3 is 5.32 Å². The number of thiophene rings is 1. The third-order valence-electron chi connectivity index (χ3n) is 3.64. The molecule has 1 aromatic heterocycles. The molecule has 1 aromatic carbocycles. The lowest BCUT2D eigenvalue weighted by Crippen LogP contribution is -2.45. The topological polar surface area (TPSA) is 15.3 Å². The summed E-state index contributed by atoms with van der Waals surface area (Å²) in [4.78, 5) is 2.31. The van der Waals surface area contributed by atoms with Crippen molar-refractivity contribution in [2.75, 3.05) is 26.2 Å². The number of hydrogen-bond acceptors (Lipinski definition) is 3. The molecule has 1 fully saturated rings. The molecule has 0 radical (unpaired) electrons. The predicted molar refractivity (Wildman–Crippen MR) is 84.2 cm³/mol. The SMILES string of the molecule is Cl.Fc1ccc([C@H](c2ccsc2)N2CCNCC2)cc1F. The molecule has 0 amide bonds. The van der Waals surface area contributed by atoms with Crippen molar-refractivity contribution >= 4 is 23.7 Å². The van der Waals surface area contributed by atoms with Crippen molar-refractivity contribution in [2.24, 2.45) is 0 Å². The summed E-state index contributed by atoms with van der Waals surface area (Å²) in [6.07, 6.45) is 0. The first-order valence-corrected chi connectivity index (χ1v) is 7.62. The molecule has 21 heavy (non-hydrogen) atoms. The van der Waals surface area contributed by atoms with Gasteiger partial charge in [-0.3, -0.25) is 4.90 Å². The highest BCUT2D eigenvalue weighted by Gasteiger charge is 2.24. The number of benzene rings is 1. The number of halogens is 3. The van der Waals surface area contributed by atoms with Gasteiger partial charge in [0.25, 0.3) is 0 Å². The number of hydrogen-bond donors (Lipinski definition) is 1. The zero-order valence-electron chi connectivity index (χ0n) is 11.4. The van der Waals surface area contributed by atoms with E-state index >= 15 is 0 Å². The number of nitrogens with one attached hydrogen (secondary N) is 1. The highest BCUT2D eigenvalue weighted by molar-refractivity contribution is 7.08. The van der Waals surface area contributed by atoms with Crippen molar-refractivity contribution in [3.63, 3.8) is 0 Å². The minimum Gasteiger partial charge on any atom is -0.314 e. The Morgan fingerprint density at radius 3 is 2.43 bits per heavy atom. The Morgan fingerprint density at radius 2 is 1.81 bits per heavy atom. The summed E-state index contributed by atoms with van der Waals surface area (Å²) in [5, 5.41) is 7.41. The molecule has 0 saturated carbocycles. The maximum absolute atomic E-state index is 13.5. The maximum Gasteiger partial charge on any atom is 0.159 e. The molecule has 2 aromatic rings. The molecule has 1 atom stereocenters. The molecular weight excluding hydrogens is 314 g/mol. The van der Waals surface area contributed by atoms with Crippen LogP contribution in [0.1, 0.15) is 17.2 Å². The van der Waals surface area contributed by atoms with Crippen LogP contribution in [0.5, 0.6) is 0 Å². The summed E-state index contributed by atoms with van der Waals surface area (Å²) in [6.45, 7) is 3.65. The summed E-state index contributed by atoms with van der Waals surface area (Å²) in [6, 6.07) is 6.27. The Kier molecular flexibility index (Phi) is 5.70. The molecule has 1 aliphatic rings. The van der Waals surface area contributed by atoms with Crippen molar-refractivity contribution in [1.82, 2.24) is 10.2 Å². The first kappa shape index (κ1) is 16.4. The van der Waals surface area contributed by atoms with E-state index in [2.05, 4.69) is 21.7 Å². The maximum atomic E-state index is 13.5. The van der Waals surface area contributed by atoms with E-state index < -0.39 is 11.6 Å². The Labute approximate surface area is 133 Å². The second-order valence-electron chi connectivity index (χ2n) is 4.92. The smallest absolute Gasteiger partial charge is 0.159 e. The summed E-state index contributed by atoms with van der Waals surface area (Å²) in [5.41, 5.74) is 1.95. The van der Waals surface area contributed by atoms with Crippen molar-refractivity contribution in [3.05, 3.63) is 57.8 Å². The first-order valence-electron chi connectivity index (χ1n) is 6.67. The first-order chi connectivity index (χ1) is 9.75. The quantitative estimate of drug-likeness (QED) is 0.927. The second-order valence-corrected chi connectivity index (χ2v) is 5.70. The van der Waals surface area contributed by atoms with Gasteiger partial charge >= 0.3 is 0 Å². The van der Waals surface area contributed by atoms with Crippen LogP contribution in [0.15, 0.2) is 35.0 Å². The van der Waals surface area contributed by atoms with Crippen molar-refractivity contribution in [3.8, 4) is 0 Å². The van der Waals surface area contributed by atoms with Gasteiger partial charge in [-0.15, -0.1) is 12.4 Å². The molecule has 1 N–H and O–H groups in total. The van der Waals surface area contributed by atoms with Gasteiger partial charge in [0.15, 0.2) is 11.6 Å². The zero-order valence-corrected chi connectivity index (χ0v) is 13.0. The Morgan fingerprint density at radius 1 is 1.05 bits per heavy atom. The van der Waals surface area contributed by atoms with E-state index in [1.165, 1.54) is 12.1 Å². The Balaban J connectivity index is 0.00000161. The van der Waals surface area contributed by atoms with Crippen LogP contribution < -0.4 is 5.32 Å². The van der Waals surface area contributed by atoms with Crippen LogP contribution >= 0.6 is 23.7 Å². The summed E-state index contributed by atoms with van der Waals surface area (Å²) in [7, 11) is 0. The lowest BCUT2D eigenvalue weighted by molar-refractivity contribution is 0.198. The van der Waals surface area contributed by atoms with Gasteiger partial charge in [-0.2, -0.15) is 11.3 Å². The zero-order chi connectivity index (χ0) is 13.9. The molecule has 114 valence electrons. The van der Waals surface area contributed by atoms with Crippen LogP contribution in [0.3, 0.4) is 0 Å². The molecule has 0 unspecified atom stereocenters. The Bertz CT molecular complexity index is 571. The van der Waals surface area contributed by atoms with Crippen LogP contribution in [0, 0.1) is 11.6 Å². The van der Waals surface area contributed by atoms with Gasteiger partial charge in [-0.1, -0.05) is 6.07 Å². The van der Waals surface area contributed by atoms with Crippen molar-refractivity contribution in [2.45, 2.75) is 6.04 Å². The average Bonchev–Trinajstić information content (AvgIpc) is 2.98. The highest BCUT2D eigenvalue weighted by Crippen LogP contribution is 2.31. The van der Waals surface area contributed by atoms with Crippen LogP contribution in [0.4, 0.5) is 8.78 Å². The van der Waals surface area contributed by atoms with Gasteiger partial charge in [-0.25, -0.2) is 8.78 Å². The molecule has 0 spiro atoms. The molecule has 2 heterocycles. The second kappa shape index (κ2) is 7.31. The van der Waals surface area contributed by atoms with E-state index in [4.69, 9.17) is 0 Å².